The molecule has 0 aliphatic rings. The van der Waals surface area contributed by atoms with Crippen molar-refractivity contribution in [1.82, 2.24) is 19.9 Å². The first-order chi connectivity index (χ1) is 11.3. The highest BCUT2D eigenvalue weighted by atomic mass is 32.2. The molecule has 3 aromatic rings. The Hall–Kier alpha value is -2.21. The number of para-hydroxylation sites is 2. The SMILES string of the molecule is CSCC[C@@H](C(=O)NCc1nc2ccccc2[nH]1)n1cccc1. The average molecular weight is 328 g/mol. The third kappa shape index (κ3) is 3.76. The number of H-pyrrole nitrogens is 1. The van der Waals surface area contributed by atoms with Gasteiger partial charge in [-0.1, -0.05) is 12.1 Å². The van der Waals surface area contributed by atoms with Crippen molar-refractivity contribution in [3.63, 3.8) is 0 Å². The van der Waals surface area contributed by atoms with Crippen LogP contribution in [0, 0.1) is 0 Å². The van der Waals surface area contributed by atoms with Gasteiger partial charge >= 0.3 is 0 Å². The van der Waals surface area contributed by atoms with Crippen LogP contribution in [0.2, 0.25) is 0 Å². The molecule has 0 bridgehead atoms. The molecule has 1 atom stereocenters. The zero-order valence-corrected chi connectivity index (χ0v) is 13.8. The van der Waals surface area contributed by atoms with Crippen molar-refractivity contribution in [3.8, 4) is 0 Å². The van der Waals surface area contributed by atoms with Crippen LogP contribution in [0.3, 0.4) is 0 Å². The first kappa shape index (κ1) is 15.7. The first-order valence-corrected chi connectivity index (χ1v) is 9.00. The number of carbonyl (C=O) groups excluding carboxylic acids is 1. The summed E-state index contributed by atoms with van der Waals surface area (Å²) in [6.07, 6.45) is 6.73. The van der Waals surface area contributed by atoms with Gasteiger partial charge in [0.25, 0.3) is 0 Å². The smallest absolute Gasteiger partial charge is 0.243 e. The summed E-state index contributed by atoms with van der Waals surface area (Å²) < 4.78 is 1.96. The molecule has 0 fully saturated rings. The van der Waals surface area contributed by atoms with E-state index in [1.165, 1.54) is 0 Å². The largest absolute Gasteiger partial charge is 0.347 e. The maximum Gasteiger partial charge on any atom is 0.243 e. The Kier molecular flexibility index (Phi) is 5.02. The lowest BCUT2D eigenvalue weighted by Crippen LogP contribution is -2.32. The number of aromatic nitrogens is 3. The monoisotopic (exact) mass is 328 g/mol. The number of carbonyl (C=O) groups is 1. The van der Waals surface area contributed by atoms with E-state index in [1.54, 1.807) is 11.8 Å². The second-order valence-electron chi connectivity index (χ2n) is 5.35. The van der Waals surface area contributed by atoms with Gasteiger partial charge in [0.1, 0.15) is 11.9 Å². The molecule has 2 N–H and O–H groups in total. The number of imidazole rings is 1. The second-order valence-corrected chi connectivity index (χ2v) is 6.33. The van der Waals surface area contributed by atoms with E-state index >= 15 is 0 Å². The Bertz CT molecular complexity index is 733. The van der Waals surface area contributed by atoms with Gasteiger partial charge in [-0.2, -0.15) is 11.8 Å². The Labute approximate surface area is 139 Å². The molecule has 0 spiro atoms. The molecule has 0 aliphatic heterocycles. The van der Waals surface area contributed by atoms with E-state index in [1.807, 2.05) is 53.4 Å². The maximum atomic E-state index is 12.6. The minimum Gasteiger partial charge on any atom is -0.347 e. The number of nitrogens with zero attached hydrogens (tertiary/aromatic N) is 2. The van der Waals surface area contributed by atoms with Crippen LogP contribution >= 0.6 is 11.8 Å². The molecule has 0 unspecified atom stereocenters. The minimum absolute atomic E-state index is 0.0238. The zero-order valence-electron chi connectivity index (χ0n) is 13.0. The van der Waals surface area contributed by atoms with Crippen LogP contribution in [-0.4, -0.2) is 32.5 Å². The number of hydrogen-bond donors (Lipinski definition) is 2. The molecular formula is C17H20N4OS. The summed E-state index contributed by atoms with van der Waals surface area (Å²) in [6.45, 7) is 0.407. The lowest BCUT2D eigenvalue weighted by Gasteiger charge is -2.18. The molecule has 1 amide bonds. The highest BCUT2D eigenvalue weighted by molar-refractivity contribution is 7.98. The Morgan fingerprint density at radius 3 is 2.83 bits per heavy atom. The highest BCUT2D eigenvalue weighted by Crippen LogP contribution is 2.16. The zero-order chi connectivity index (χ0) is 16.1. The Balaban J connectivity index is 1.66. The van der Waals surface area contributed by atoms with Crippen LogP contribution < -0.4 is 5.32 Å². The summed E-state index contributed by atoms with van der Waals surface area (Å²) in [5, 5.41) is 2.99. The lowest BCUT2D eigenvalue weighted by molar-refractivity contribution is -0.124. The standard InChI is InChI=1S/C17H20N4OS/c1-23-11-8-15(21-9-4-5-10-21)17(22)18-12-16-19-13-6-2-3-7-14(13)20-16/h2-7,9-10,15H,8,11-12H2,1H3,(H,18,22)(H,19,20)/t15-/m0/s1. The first-order valence-electron chi connectivity index (χ1n) is 7.60. The Morgan fingerprint density at radius 2 is 2.09 bits per heavy atom. The number of benzene rings is 1. The van der Waals surface area contributed by atoms with Crippen LogP contribution in [0.4, 0.5) is 0 Å². The van der Waals surface area contributed by atoms with Crippen molar-refractivity contribution < 1.29 is 4.79 Å². The minimum atomic E-state index is -0.179. The van der Waals surface area contributed by atoms with Crippen LogP contribution in [0.1, 0.15) is 18.3 Å². The van der Waals surface area contributed by atoms with E-state index < -0.39 is 0 Å². The van der Waals surface area contributed by atoms with Crippen LogP contribution in [0.15, 0.2) is 48.8 Å². The van der Waals surface area contributed by atoms with Gasteiger partial charge in [-0.25, -0.2) is 4.98 Å². The molecule has 3 rings (SSSR count). The van der Waals surface area contributed by atoms with Gasteiger partial charge in [0.2, 0.25) is 5.91 Å². The van der Waals surface area contributed by atoms with Gasteiger partial charge < -0.3 is 14.9 Å². The van der Waals surface area contributed by atoms with E-state index in [0.29, 0.717) is 6.54 Å². The van der Waals surface area contributed by atoms with E-state index in [-0.39, 0.29) is 11.9 Å². The van der Waals surface area contributed by atoms with Crippen molar-refractivity contribution in [3.05, 3.63) is 54.6 Å². The molecule has 5 nitrogen and oxygen atoms in total. The fraction of sp³-hybridized carbons (Fsp3) is 0.294. The number of rotatable bonds is 7. The van der Waals surface area contributed by atoms with Crippen LogP contribution in [-0.2, 0) is 11.3 Å². The quantitative estimate of drug-likeness (QED) is 0.701. The summed E-state index contributed by atoms with van der Waals surface area (Å²) in [7, 11) is 0. The van der Waals surface area contributed by atoms with Gasteiger partial charge in [0.15, 0.2) is 0 Å². The van der Waals surface area contributed by atoms with E-state index in [4.69, 9.17) is 0 Å². The summed E-state index contributed by atoms with van der Waals surface area (Å²) in [5.74, 6) is 1.74. The van der Waals surface area contributed by atoms with Crippen LogP contribution in [0.25, 0.3) is 11.0 Å². The van der Waals surface area contributed by atoms with Crippen molar-refractivity contribution >= 4 is 28.7 Å². The number of amides is 1. The molecule has 6 heteroatoms. The fourth-order valence-electron chi connectivity index (χ4n) is 2.58. The van der Waals surface area contributed by atoms with Gasteiger partial charge in [0, 0.05) is 12.4 Å². The molecule has 2 aromatic heterocycles. The third-order valence-corrected chi connectivity index (χ3v) is 4.40. The van der Waals surface area contributed by atoms with Gasteiger partial charge in [-0.15, -0.1) is 0 Å². The molecule has 0 saturated carbocycles. The third-order valence-electron chi connectivity index (χ3n) is 3.75. The number of nitrogens with one attached hydrogen (secondary N) is 2. The number of hydrogen-bond acceptors (Lipinski definition) is 3. The topological polar surface area (TPSA) is 62.7 Å². The normalized spacial score (nSPS) is 12.4. The van der Waals surface area contributed by atoms with Gasteiger partial charge in [-0.3, -0.25) is 4.79 Å². The Morgan fingerprint density at radius 1 is 1.30 bits per heavy atom. The summed E-state index contributed by atoms with van der Waals surface area (Å²) in [6, 6.07) is 11.6. The lowest BCUT2D eigenvalue weighted by atomic mass is 10.2. The summed E-state index contributed by atoms with van der Waals surface area (Å²) in [5.41, 5.74) is 1.90. The molecule has 0 aliphatic carbocycles. The van der Waals surface area contributed by atoms with Crippen molar-refractivity contribution in [2.24, 2.45) is 0 Å². The fourth-order valence-corrected chi connectivity index (χ4v) is 3.04. The summed E-state index contributed by atoms with van der Waals surface area (Å²) >= 11 is 1.75. The van der Waals surface area contributed by atoms with Crippen molar-refractivity contribution in [1.29, 1.82) is 0 Å². The maximum absolute atomic E-state index is 12.6. The molecule has 1 aromatic carbocycles. The molecule has 0 radical (unpaired) electrons. The molecule has 2 heterocycles. The molecular weight excluding hydrogens is 308 g/mol. The average Bonchev–Trinajstić information content (AvgIpc) is 3.22. The highest BCUT2D eigenvalue weighted by Gasteiger charge is 2.19. The predicted molar refractivity (Wildman–Crippen MR) is 94.4 cm³/mol. The number of thioether (sulfide) groups is 1. The predicted octanol–water partition coefficient (Wildman–Crippen LogP) is 2.98. The van der Waals surface area contributed by atoms with Crippen molar-refractivity contribution in [2.75, 3.05) is 12.0 Å². The molecule has 120 valence electrons. The van der Waals surface area contributed by atoms with E-state index in [2.05, 4.69) is 21.5 Å². The second kappa shape index (κ2) is 7.37. The van der Waals surface area contributed by atoms with E-state index in [9.17, 15) is 4.79 Å². The van der Waals surface area contributed by atoms with Crippen LogP contribution in [0.5, 0.6) is 0 Å². The van der Waals surface area contributed by atoms with Crippen molar-refractivity contribution in [2.45, 2.75) is 19.0 Å². The number of fused-ring (bicyclic) bond motifs is 1. The summed E-state index contributed by atoms with van der Waals surface area (Å²) in [4.78, 5) is 20.3. The van der Waals surface area contributed by atoms with Gasteiger partial charge in [0.05, 0.1) is 17.6 Å². The molecule has 23 heavy (non-hydrogen) atoms. The number of aromatic amines is 1. The van der Waals surface area contributed by atoms with E-state index in [0.717, 1.165) is 29.0 Å². The van der Waals surface area contributed by atoms with Gasteiger partial charge in [-0.05, 0) is 42.7 Å². The molecule has 0 saturated heterocycles.